The maximum atomic E-state index is 12.3. The molecule has 1 atom stereocenters. The molecule has 2 rings (SSSR count). The lowest BCUT2D eigenvalue weighted by Crippen LogP contribution is -2.57. The lowest BCUT2D eigenvalue weighted by atomic mass is 9.88. The molecule has 2 N–H and O–H groups in total. The van der Waals surface area contributed by atoms with Crippen LogP contribution >= 0.6 is 24.2 Å². The Bertz CT molecular complexity index is 556. The highest BCUT2D eigenvalue weighted by molar-refractivity contribution is 7.82. The van der Waals surface area contributed by atoms with Crippen LogP contribution in [-0.2, 0) is 4.79 Å². The van der Waals surface area contributed by atoms with Gasteiger partial charge in [0.05, 0.1) is 0 Å². The second-order valence-electron chi connectivity index (χ2n) is 5.66. The van der Waals surface area contributed by atoms with Crippen molar-refractivity contribution in [3.05, 3.63) is 34.9 Å². The zero-order valence-electron chi connectivity index (χ0n) is 12.3. The molecule has 1 aliphatic heterocycles. The van der Waals surface area contributed by atoms with Gasteiger partial charge in [-0.05, 0) is 57.2 Å². The summed E-state index contributed by atoms with van der Waals surface area (Å²) in [5, 5.41) is 12.6. The van der Waals surface area contributed by atoms with E-state index in [2.05, 4.69) is 22.8 Å². The summed E-state index contributed by atoms with van der Waals surface area (Å²) in [6, 6.07) is 5.29. The number of halogens is 1. The standard InChI is InChI=1S/C15H19ClN2O3S/c1-18-8-6-15(22,7-9-18)12(14(20)21)17-13(19)10-2-4-11(16)5-3-10/h2-5,12,22H,6-9H2,1H3,(H,17,19)(H,20,21). The third-order valence-corrected chi connectivity index (χ3v) is 4.98. The molecule has 120 valence electrons. The number of aliphatic carboxylic acids is 1. The summed E-state index contributed by atoms with van der Waals surface area (Å²) < 4.78 is -0.750. The molecule has 0 bridgehead atoms. The van der Waals surface area contributed by atoms with E-state index in [1.807, 2.05) is 7.05 Å². The van der Waals surface area contributed by atoms with Crippen molar-refractivity contribution in [1.82, 2.24) is 10.2 Å². The van der Waals surface area contributed by atoms with Crippen LogP contribution in [-0.4, -0.2) is 52.8 Å². The number of hydrogen-bond donors (Lipinski definition) is 3. The molecule has 1 unspecified atom stereocenters. The van der Waals surface area contributed by atoms with Crippen molar-refractivity contribution in [2.75, 3.05) is 20.1 Å². The van der Waals surface area contributed by atoms with E-state index in [0.29, 0.717) is 23.4 Å². The van der Waals surface area contributed by atoms with Crippen LogP contribution in [0.3, 0.4) is 0 Å². The van der Waals surface area contributed by atoms with Gasteiger partial charge in [0, 0.05) is 15.3 Å². The number of amides is 1. The van der Waals surface area contributed by atoms with Gasteiger partial charge in [0.2, 0.25) is 0 Å². The molecule has 0 aromatic heterocycles. The van der Waals surface area contributed by atoms with Crippen LogP contribution in [0.4, 0.5) is 0 Å². The Morgan fingerprint density at radius 1 is 1.32 bits per heavy atom. The van der Waals surface area contributed by atoms with E-state index in [0.717, 1.165) is 13.1 Å². The number of carboxylic acid groups (broad SMARTS) is 1. The number of hydrogen-bond acceptors (Lipinski definition) is 4. The first-order valence-electron chi connectivity index (χ1n) is 7.02. The first-order chi connectivity index (χ1) is 10.3. The highest BCUT2D eigenvalue weighted by Crippen LogP contribution is 2.32. The average Bonchev–Trinajstić information content (AvgIpc) is 2.48. The second kappa shape index (κ2) is 6.89. The van der Waals surface area contributed by atoms with E-state index in [-0.39, 0.29) is 0 Å². The number of nitrogens with one attached hydrogen (secondary N) is 1. The van der Waals surface area contributed by atoms with Crippen LogP contribution < -0.4 is 5.32 Å². The fraction of sp³-hybridized carbons (Fsp3) is 0.467. The molecule has 7 heteroatoms. The molecule has 0 saturated carbocycles. The largest absolute Gasteiger partial charge is 0.480 e. The molecule has 1 fully saturated rings. The van der Waals surface area contributed by atoms with Crippen molar-refractivity contribution in [2.24, 2.45) is 0 Å². The van der Waals surface area contributed by atoms with E-state index in [1.165, 1.54) is 0 Å². The molecular formula is C15H19ClN2O3S. The normalized spacial score (nSPS) is 19.4. The van der Waals surface area contributed by atoms with E-state index in [4.69, 9.17) is 11.6 Å². The molecule has 0 aliphatic carbocycles. The smallest absolute Gasteiger partial charge is 0.327 e. The predicted octanol–water partition coefficient (Wildman–Crippen LogP) is 1.92. The van der Waals surface area contributed by atoms with Gasteiger partial charge >= 0.3 is 5.97 Å². The van der Waals surface area contributed by atoms with Gasteiger partial charge in [-0.25, -0.2) is 4.79 Å². The predicted molar refractivity (Wildman–Crippen MR) is 88.8 cm³/mol. The van der Waals surface area contributed by atoms with Gasteiger partial charge in [0.15, 0.2) is 0 Å². The minimum atomic E-state index is -1.07. The van der Waals surface area contributed by atoms with Crippen LogP contribution in [0, 0.1) is 0 Å². The number of nitrogens with zero attached hydrogens (tertiary/aromatic N) is 1. The van der Waals surface area contributed by atoms with Crippen molar-refractivity contribution in [3.63, 3.8) is 0 Å². The quantitative estimate of drug-likeness (QED) is 0.731. The molecule has 1 aromatic carbocycles. The van der Waals surface area contributed by atoms with Crippen molar-refractivity contribution in [1.29, 1.82) is 0 Å². The summed E-state index contributed by atoms with van der Waals surface area (Å²) >= 11 is 10.4. The van der Waals surface area contributed by atoms with Gasteiger partial charge in [-0.3, -0.25) is 4.79 Å². The lowest BCUT2D eigenvalue weighted by Gasteiger charge is -2.40. The lowest BCUT2D eigenvalue weighted by molar-refractivity contribution is -0.140. The number of carboxylic acids is 1. The minimum Gasteiger partial charge on any atom is -0.480 e. The van der Waals surface area contributed by atoms with Crippen LogP contribution in [0.25, 0.3) is 0 Å². The Morgan fingerprint density at radius 2 is 1.86 bits per heavy atom. The molecule has 22 heavy (non-hydrogen) atoms. The van der Waals surface area contributed by atoms with Gasteiger partial charge in [-0.2, -0.15) is 12.6 Å². The maximum absolute atomic E-state index is 12.3. The number of likely N-dealkylation sites (tertiary alicyclic amines) is 1. The highest BCUT2D eigenvalue weighted by Gasteiger charge is 2.43. The Labute approximate surface area is 140 Å². The third kappa shape index (κ3) is 3.94. The minimum absolute atomic E-state index is 0.375. The summed E-state index contributed by atoms with van der Waals surface area (Å²) in [6.45, 7) is 1.51. The average molecular weight is 343 g/mol. The summed E-state index contributed by atoms with van der Waals surface area (Å²) in [4.78, 5) is 26.0. The summed E-state index contributed by atoms with van der Waals surface area (Å²) in [6.07, 6.45) is 1.20. The molecule has 0 spiro atoms. The fourth-order valence-corrected chi connectivity index (χ4v) is 3.04. The topological polar surface area (TPSA) is 69.6 Å². The van der Waals surface area contributed by atoms with E-state index in [9.17, 15) is 14.7 Å². The molecule has 0 radical (unpaired) electrons. The Hall–Kier alpha value is -1.24. The molecule has 1 aliphatic rings. The molecule has 1 aromatic rings. The second-order valence-corrected chi connectivity index (χ2v) is 6.99. The molecule has 1 amide bonds. The number of piperidine rings is 1. The summed E-state index contributed by atoms with van der Waals surface area (Å²) in [7, 11) is 1.98. The van der Waals surface area contributed by atoms with Crippen LogP contribution in [0.1, 0.15) is 23.2 Å². The van der Waals surface area contributed by atoms with Crippen LogP contribution in [0.15, 0.2) is 24.3 Å². The Balaban J connectivity index is 2.13. The van der Waals surface area contributed by atoms with E-state index >= 15 is 0 Å². The third-order valence-electron chi connectivity index (χ3n) is 4.02. The summed E-state index contributed by atoms with van der Waals surface area (Å²) in [5.41, 5.74) is 0.375. The Kier molecular flexibility index (Phi) is 5.36. The number of carbonyl (C=O) groups excluding carboxylic acids is 1. The zero-order valence-corrected chi connectivity index (χ0v) is 13.9. The monoisotopic (exact) mass is 342 g/mol. The van der Waals surface area contributed by atoms with Crippen molar-refractivity contribution in [3.8, 4) is 0 Å². The van der Waals surface area contributed by atoms with Crippen molar-refractivity contribution >= 4 is 36.1 Å². The SMILES string of the molecule is CN1CCC(S)(C(NC(=O)c2ccc(Cl)cc2)C(=O)O)CC1. The Morgan fingerprint density at radius 3 is 2.36 bits per heavy atom. The zero-order chi connectivity index (χ0) is 16.3. The van der Waals surface area contributed by atoms with Gasteiger partial charge in [-0.1, -0.05) is 11.6 Å². The summed E-state index contributed by atoms with van der Waals surface area (Å²) in [5.74, 6) is -1.50. The fourth-order valence-electron chi connectivity index (χ4n) is 2.54. The van der Waals surface area contributed by atoms with Crippen LogP contribution in [0.5, 0.6) is 0 Å². The number of thiol groups is 1. The number of rotatable bonds is 4. The molecule has 5 nitrogen and oxygen atoms in total. The van der Waals surface area contributed by atoms with Crippen LogP contribution in [0.2, 0.25) is 5.02 Å². The van der Waals surface area contributed by atoms with E-state index in [1.54, 1.807) is 24.3 Å². The highest BCUT2D eigenvalue weighted by atomic mass is 35.5. The van der Waals surface area contributed by atoms with Gasteiger partial charge < -0.3 is 15.3 Å². The van der Waals surface area contributed by atoms with Gasteiger partial charge in [0.1, 0.15) is 6.04 Å². The number of benzene rings is 1. The van der Waals surface area contributed by atoms with Gasteiger partial charge in [0.25, 0.3) is 5.91 Å². The van der Waals surface area contributed by atoms with Crippen molar-refractivity contribution in [2.45, 2.75) is 23.6 Å². The number of carbonyl (C=O) groups is 2. The maximum Gasteiger partial charge on any atom is 0.327 e. The molecular weight excluding hydrogens is 324 g/mol. The first-order valence-corrected chi connectivity index (χ1v) is 7.84. The van der Waals surface area contributed by atoms with Crippen molar-refractivity contribution < 1.29 is 14.7 Å². The first kappa shape index (κ1) is 17.1. The van der Waals surface area contributed by atoms with E-state index < -0.39 is 22.7 Å². The molecule has 1 heterocycles. The van der Waals surface area contributed by atoms with Gasteiger partial charge in [-0.15, -0.1) is 0 Å². The molecule has 1 saturated heterocycles.